The molecule has 19 heavy (non-hydrogen) atoms. The summed E-state index contributed by atoms with van der Waals surface area (Å²) in [6, 6.07) is 4.01. The number of hydrazine groups is 1. The molecule has 5 nitrogen and oxygen atoms in total. The molecule has 0 aliphatic carbocycles. The minimum atomic E-state index is 0. The quantitative estimate of drug-likeness (QED) is 0.817. The molecule has 1 heterocycles. The van der Waals surface area contributed by atoms with Gasteiger partial charge < -0.3 is 14.6 Å². The molecule has 0 fully saturated rings. The van der Waals surface area contributed by atoms with E-state index in [1.54, 1.807) is 19.2 Å². The van der Waals surface area contributed by atoms with E-state index in [1.165, 1.54) is 5.56 Å². The summed E-state index contributed by atoms with van der Waals surface area (Å²) in [6.45, 7) is 0.902. The van der Waals surface area contributed by atoms with E-state index in [1.807, 2.05) is 12.1 Å². The Labute approximate surface area is 119 Å². The number of hydrogen-bond donors (Lipinski definition) is 2. The van der Waals surface area contributed by atoms with Crippen LogP contribution in [0.1, 0.15) is 23.6 Å². The number of nitrogens with zero attached hydrogens (tertiary/aromatic N) is 1. The average molecular weight is 289 g/mol. The first kappa shape index (κ1) is 16.0. The Morgan fingerprint density at radius 3 is 2.53 bits per heavy atom. The molecule has 1 aromatic carbocycles. The Hall–Kier alpha value is -1.01. The fraction of sp³-hybridized carbons (Fsp3) is 0.538. The highest BCUT2D eigenvalue weighted by Crippen LogP contribution is 2.38. The molecule has 2 rings (SSSR count). The summed E-state index contributed by atoms with van der Waals surface area (Å²) in [5, 5.41) is 10.9. The van der Waals surface area contributed by atoms with Gasteiger partial charge >= 0.3 is 0 Å². The third-order valence-electron chi connectivity index (χ3n) is 3.45. The summed E-state index contributed by atoms with van der Waals surface area (Å²) >= 11 is 0. The van der Waals surface area contributed by atoms with Crippen LogP contribution in [0.15, 0.2) is 12.1 Å². The van der Waals surface area contributed by atoms with Crippen molar-refractivity contribution in [2.24, 2.45) is 5.84 Å². The van der Waals surface area contributed by atoms with Crippen molar-refractivity contribution in [3.05, 3.63) is 23.3 Å². The summed E-state index contributed by atoms with van der Waals surface area (Å²) in [6.07, 6.45) is 1.51. The van der Waals surface area contributed by atoms with Gasteiger partial charge in [-0.15, -0.1) is 12.4 Å². The van der Waals surface area contributed by atoms with Gasteiger partial charge in [0, 0.05) is 13.2 Å². The van der Waals surface area contributed by atoms with Crippen molar-refractivity contribution in [1.29, 1.82) is 0 Å². The lowest BCUT2D eigenvalue weighted by atomic mass is 9.91. The molecular formula is C13H21ClN2O3. The zero-order chi connectivity index (χ0) is 13.1. The van der Waals surface area contributed by atoms with Crippen molar-refractivity contribution >= 4 is 12.4 Å². The van der Waals surface area contributed by atoms with Gasteiger partial charge in [0.1, 0.15) is 0 Å². The van der Waals surface area contributed by atoms with Crippen LogP contribution in [-0.2, 0) is 6.42 Å². The number of benzene rings is 1. The Bertz CT molecular complexity index is 429. The topological polar surface area (TPSA) is 68.0 Å². The Morgan fingerprint density at radius 1 is 1.32 bits per heavy atom. The number of aliphatic hydroxyl groups excluding tert-OH is 1. The second kappa shape index (κ2) is 6.96. The van der Waals surface area contributed by atoms with E-state index < -0.39 is 0 Å². The predicted molar refractivity (Wildman–Crippen MR) is 75.8 cm³/mol. The minimum Gasteiger partial charge on any atom is -0.493 e. The second-order valence-electron chi connectivity index (χ2n) is 4.42. The molecule has 1 aliphatic heterocycles. The molecular weight excluding hydrogens is 268 g/mol. The van der Waals surface area contributed by atoms with Crippen LogP contribution in [0.3, 0.4) is 0 Å². The van der Waals surface area contributed by atoms with E-state index >= 15 is 0 Å². The molecule has 0 amide bonds. The molecule has 1 unspecified atom stereocenters. The summed E-state index contributed by atoms with van der Waals surface area (Å²) < 4.78 is 10.6. The van der Waals surface area contributed by atoms with E-state index in [-0.39, 0.29) is 25.1 Å². The predicted octanol–water partition coefficient (Wildman–Crippen LogP) is 1.28. The standard InChI is InChI=1S/C13H20N2O3.ClH/c1-17-12-7-9-3-5-15(14)11(4-6-16)10(9)8-13(12)18-2;/h7-8,11,16H,3-6,14H2,1-2H3;1H. The van der Waals surface area contributed by atoms with E-state index in [9.17, 15) is 0 Å². The highest BCUT2D eigenvalue weighted by atomic mass is 35.5. The van der Waals surface area contributed by atoms with Crippen LogP contribution < -0.4 is 15.3 Å². The minimum absolute atomic E-state index is 0. The lowest BCUT2D eigenvalue weighted by Gasteiger charge is -2.34. The van der Waals surface area contributed by atoms with Crippen molar-refractivity contribution in [2.45, 2.75) is 18.9 Å². The van der Waals surface area contributed by atoms with Crippen LogP contribution in [-0.4, -0.2) is 37.5 Å². The Morgan fingerprint density at radius 2 is 1.95 bits per heavy atom. The molecule has 0 spiro atoms. The lowest BCUT2D eigenvalue weighted by molar-refractivity contribution is 0.149. The Balaban J connectivity index is 0.00000180. The number of rotatable bonds is 4. The molecule has 0 aromatic heterocycles. The van der Waals surface area contributed by atoms with Gasteiger partial charge in [-0.1, -0.05) is 0 Å². The summed E-state index contributed by atoms with van der Waals surface area (Å²) in [4.78, 5) is 0. The van der Waals surface area contributed by atoms with Crippen molar-refractivity contribution in [1.82, 2.24) is 5.01 Å². The SMILES string of the molecule is COc1cc2c(cc1OC)C(CCO)N(N)CC2.Cl. The first-order valence-corrected chi connectivity index (χ1v) is 6.08. The number of aliphatic hydroxyl groups is 1. The second-order valence-corrected chi connectivity index (χ2v) is 4.42. The number of fused-ring (bicyclic) bond motifs is 1. The molecule has 1 aliphatic rings. The third kappa shape index (κ3) is 3.12. The van der Waals surface area contributed by atoms with Crippen LogP contribution in [0, 0.1) is 0 Å². The van der Waals surface area contributed by atoms with Crippen molar-refractivity contribution < 1.29 is 14.6 Å². The maximum atomic E-state index is 9.15. The number of ether oxygens (including phenoxy) is 2. The number of nitrogens with two attached hydrogens (primary N) is 1. The molecule has 108 valence electrons. The normalized spacial score (nSPS) is 18.4. The van der Waals surface area contributed by atoms with Gasteiger partial charge in [0.2, 0.25) is 0 Å². The van der Waals surface area contributed by atoms with Crippen molar-refractivity contribution in [2.75, 3.05) is 27.4 Å². The number of halogens is 1. The molecule has 0 bridgehead atoms. The highest BCUT2D eigenvalue weighted by molar-refractivity contribution is 5.85. The average Bonchev–Trinajstić information content (AvgIpc) is 2.40. The van der Waals surface area contributed by atoms with Crippen molar-refractivity contribution in [3.8, 4) is 11.5 Å². The molecule has 0 radical (unpaired) electrons. The van der Waals surface area contributed by atoms with Gasteiger partial charge in [-0.05, 0) is 36.1 Å². The monoisotopic (exact) mass is 288 g/mol. The molecule has 3 N–H and O–H groups in total. The van der Waals surface area contributed by atoms with Gasteiger partial charge in [-0.2, -0.15) is 0 Å². The zero-order valence-corrected chi connectivity index (χ0v) is 12.1. The van der Waals surface area contributed by atoms with Crippen LogP contribution >= 0.6 is 12.4 Å². The van der Waals surface area contributed by atoms with Crippen LogP contribution in [0.25, 0.3) is 0 Å². The number of methoxy groups -OCH3 is 2. The fourth-order valence-corrected chi connectivity index (χ4v) is 2.49. The maximum absolute atomic E-state index is 9.15. The fourth-order valence-electron chi connectivity index (χ4n) is 2.49. The molecule has 1 atom stereocenters. The van der Waals surface area contributed by atoms with E-state index in [0.717, 1.165) is 24.3 Å². The molecule has 0 saturated heterocycles. The summed E-state index contributed by atoms with van der Waals surface area (Å²) in [7, 11) is 3.25. The highest BCUT2D eigenvalue weighted by Gasteiger charge is 2.26. The maximum Gasteiger partial charge on any atom is 0.161 e. The van der Waals surface area contributed by atoms with Crippen LogP contribution in [0.5, 0.6) is 11.5 Å². The van der Waals surface area contributed by atoms with E-state index in [0.29, 0.717) is 12.2 Å². The molecule has 1 aromatic rings. The lowest BCUT2D eigenvalue weighted by Crippen LogP contribution is -2.41. The first-order valence-electron chi connectivity index (χ1n) is 6.08. The summed E-state index contributed by atoms with van der Waals surface area (Å²) in [5.74, 6) is 7.44. The smallest absolute Gasteiger partial charge is 0.161 e. The van der Waals surface area contributed by atoms with Crippen molar-refractivity contribution in [3.63, 3.8) is 0 Å². The molecule has 0 saturated carbocycles. The van der Waals surface area contributed by atoms with Gasteiger partial charge in [0.25, 0.3) is 0 Å². The van der Waals surface area contributed by atoms with E-state index in [2.05, 4.69) is 0 Å². The van der Waals surface area contributed by atoms with Gasteiger partial charge in [0.05, 0.1) is 20.3 Å². The van der Waals surface area contributed by atoms with E-state index in [4.69, 9.17) is 20.4 Å². The van der Waals surface area contributed by atoms with Crippen LogP contribution in [0.2, 0.25) is 0 Å². The number of hydrogen-bond acceptors (Lipinski definition) is 5. The van der Waals surface area contributed by atoms with Gasteiger partial charge in [-0.25, -0.2) is 5.01 Å². The molecule has 6 heteroatoms. The van der Waals surface area contributed by atoms with Gasteiger partial charge in [-0.3, -0.25) is 5.84 Å². The summed E-state index contributed by atoms with van der Waals surface area (Å²) in [5.41, 5.74) is 2.34. The largest absolute Gasteiger partial charge is 0.493 e. The van der Waals surface area contributed by atoms with Crippen LogP contribution in [0.4, 0.5) is 0 Å². The van der Waals surface area contributed by atoms with Gasteiger partial charge in [0.15, 0.2) is 11.5 Å². The first-order chi connectivity index (χ1) is 8.71. The third-order valence-corrected chi connectivity index (χ3v) is 3.45. The Kier molecular flexibility index (Phi) is 5.87. The zero-order valence-electron chi connectivity index (χ0n) is 11.3.